The first-order valence-electron chi connectivity index (χ1n) is 7.54. The minimum absolute atomic E-state index is 0.292. The fourth-order valence-electron chi connectivity index (χ4n) is 2.50. The number of carbonyl (C=O) groups is 3. The molecule has 0 saturated heterocycles. The summed E-state index contributed by atoms with van der Waals surface area (Å²) < 4.78 is 4.73. The van der Waals surface area contributed by atoms with Gasteiger partial charge in [-0.3, -0.25) is 4.79 Å². The first-order chi connectivity index (χ1) is 11.8. The van der Waals surface area contributed by atoms with Crippen LogP contribution >= 0.6 is 0 Å². The van der Waals surface area contributed by atoms with Crippen molar-refractivity contribution in [2.45, 2.75) is 20.4 Å². The number of methoxy groups -OCH3 is 1. The Hall–Kier alpha value is -3.29. The van der Waals surface area contributed by atoms with E-state index in [1.54, 1.807) is 38.1 Å². The number of benzene rings is 1. The number of nitrogens with one attached hydrogen (secondary N) is 3. The van der Waals surface area contributed by atoms with E-state index in [2.05, 4.69) is 15.6 Å². The molecule has 2 aromatic rings. The monoisotopic (exact) mass is 344 g/mol. The third kappa shape index (κ3) is 4.17. The number of aromatic amines is 1. The van der Waals surface area contributed by atoms with E-state index in [9.17, 15) is 14.4 Å². The van der Waals surface area contributed by atoms with Gasteiger partial charge in [0.15, 0.2) is 0 Å². The number of aryl methyl sites for hydroxylation is 1. The van der Waals surface area contributed by atoms with Crippen LogP contribution in [0.3, 0.4) is 0 Å². The SMILES string of the molecule is COC(=O)c1c(C)[nH]c(C(=O)NCc2ccc(NC(N)=O)cc2)c1C. The second-order valence-corrected chi connectivity index (χ2v) is 5.49. The summed E-state index contributed by atoms with van der Waals surface area (Å²) in [5.74, 6) is -0.807. The van der Waals surface area contributed by atoms with Crippen molar-refractivity contribution in [2.24, 2.45) is 5.73 Å². The molecular formula is C17H20N4O4. The lowest BCUT2D eigenvalue weighted by Gasteiger charge is -2.07. The van der Waals surface area contributed by atoms with Crippen molar-refractivity contribution in [3.05, 3.63) is 52.3 Å². The highest BCUT2D eigenvalue weighted by molar-refractivity contribution is 6.00. The Morgan fingerprint density at radius 2 is 1.80 bits per heavy atom. The molecule has 0 fully saturated rings. The Kier molecular flexibility index (Phi) is 5.43. The molecule has 8 nitrogen and oxygen atoms in total. The summed E-state index contributed by atoms with van der Waals surface area (Å²) in [7, 11) is 1.30. The van der Waals surface area contributed by atoms with Gasteiger partial charge in [-0.25, -0.2) is 9.59 Å². The van der Waals surface area contributed by atoms with Gasteiger partial charge in [0, 0.05) is 17.9 Å². The van der Waals surface area contributed by atoms with Gasteiger partial charge < -0.3 is 26.1 Å². The highest BCUT2D eigenvalue weighted by atomic mass is 16.5. The Balaban J connectivity index is 2.05. The molecule has 0 atom stereocenters. The van der Waals surface area contributed by atoms with Gasteiger partial charge in [-0.1, -0.05) is 12.1 Å². The van der Waals surface area contributed by atoms with E-state index in [1.807, 2.05) is 0 Å². The number of nitrogens with two attached hydrogens (primary N) is 1. The van der Waals surface area contributed by atoms with Crippen LogP contribution in [-0.4, -0.2) is 30.0 Å². The zero-order valence-corrected chi connectivity index (χ0v) is 14.2. The van der Waals surface area contributed by atoms with Crippen LogP contribution in [0.1, 0.15) is 37.7 Å². The first-order valence-corrected chi connectivity index (χ1v) is 7.54. The molecule has 0 spiro atoms. The highest BCUT2D eigenvalue weighted by Gasteiger charge is 2.22. The molecule has 0 aliphatic rings. The largest absolute Gasteiger partial charge is 0.465 e. The van der Waals surface area contributed by atoms with Crippen LogP contribution in [0.15, 0.2) is 24.3 Å². The van der Waals surface area contributed by atoms with Gasteiger partial charge in [0.1, 0.15) is 5.69 Å². The number of urea groups is 1. The predicted octanol–water partition coefficient (Wildman–Crippen LogP) is 1.84. The molecule has 132 valence electrons. The third-order valence-electron chi connectivity index (χ3n) is 3.73. The van der Waals surface area contributed by atoms with Gasteiger partial charge in [0.05, 0.1) is 12.7 Å². The molecule has 0 aliphatic heterocycles. The number of esters is 1. The summed E-state index contributed by atoms with van der Waals surface area (Å²) in [6, 6.07) is 6.26. The average Bonchev–Trinajstić information content (AvgIpc) is 2.87. The minimum atomic E-state index is -0.639. The third-order valence-corrected chi connectivity index (χ3v) is 3.73. The average molecular weight is 344 g/mol. The zero-order valence-electron chi connectivity index (χ0n) is 14.2. The number of amides is 3. The fraction of sp³-hybridized carbons (Fsp3) is 0.235. The molecule has 5 N–H and O–H groups in total. The van der Waals surface area contributed by atoms with Crippen LogP contribution in [0.4, 0.5) is 10.5 Å². The quantitative estimate of drug-likeness (QED) is 0.617. The number of aromatic nitrogens is 1. The van der Waals surface area contributed by atoms with Crippen LogP contribution in [0.2, 0.25) is 0 Å². The van der Waals surface area contributed by atoms with Gasteiger partial charge in [0.2, 0.25) is 0 Å². The van der Waals surface area contributed by atoms with Crippen molar-refractivity contribution in [3.63, 3.8) is 0 Å². The lowest BCUT2D eigenvalue weighted by Crippen LogP contribution is -2.24. The summed E-state index contributed by atoms with van der Waals surface area (Å²) in [6.45, 7) is 3.69. The first kappa shape index (κ1) is 18.1. The molecule has 0 radical (unpaired) electrons. The topological polar surface area (TPSA) is 126 Å². The summed E-state index contributed by atoms with van der Waals surface area (Å²) in [6.07, 6.45) is 0. The highest BCUT2D eigenvalue weighted by Crippen LogP contribution is 2.19. The van der Waals surface area contributed by atoms with Gasteiger partial charge in [-0.2, -0.15) is 0 Å². The van der Waals surface area contributed by atoms with Crippen molar-refractivity contribution in [2.75, 3.05) is 12.4 Å². The minimum Gasteiger partial charge on any atom is -0.465 e. The summed E-state index contributed by atoms with van der Waals surface area (Å²) >= 11 is 0. The van der Waals surface area contributed by atoms with Crippen LogP contribution < -0.4 is 16.4 Å². The number of anilines is 1. The zero-order chi connectivity index (χ0) is 18.6. The van der Waals surface area contributed by atoms with Gasteiger partial charge >= 0.3 is 12.0 Å². The standard InChI is InChI=1S/C17H20N4O4/c1-9-13(16(23)25-3)10(2)20-14(9)15(22)19-8-11-4-6-12(7-5-11)21-17(18)24/h4-7,20H,8H2,1-3H3,(H,19,22)(H3,18,21,24). The lowest BCUT2D eigenvalue weighted by molar-refractivity contribution is 0.0599. The Labute approximate surface area is 144 Å². The van der Waals surface area contributed by atoms with Crippen LogP contribution in [-0.2, 0) is 11.3 Å². The van der Waals surface area contributed by atoms with Crippen LogP contribution in [0.5, 0.6) is 0 Å². The van der Waals surface area contributed by atoms with E-state index in [4.69, 9.17) is 10.5 Å². The molecule has 0 bridgehead atoms. The Morgan fingerprint density at radius 3 is 2.36 bits per heavy atom. The number of ether oxygens (including phenoxy) is 1. The van der Waals surface area contributed by atoms with E-state index in [-0.39, 0.29) is 5.91 Å². The lowest BCUT2D eigenvalue weighted by atomic mass is 10.1. The van der Waals surface area contributed by atoms with Crippen LogP contribution in [0, 0.1) is 13.8 Å². The molecular weight excluding hydrogens is 324 g/mol. The summed E-state index contributed by atoms with van der Waals surface area (Å²) in [4.78, 5) is 37.8. The van der Waals surface area contributed by atoms with Crippen molar-refractivity contribution in [1.82, 2.24) is 10.3 Å². The van der Waals surface area contributed by atoms with Crippen molar-refractivity contribution in [1.29, 1.82) is 0 Å². The molecule has 0 saturated carbocycles. The number of carbonyl (C=O) groups excluding carboxylic acids is 3. The second kappa shape index (κ2) is 7.52. The van der Waals surface area contributed by atoms with E-state index >= 15 is 0 Å². The van der Waals surface area contributed by atoms with E-state index in [1.165, 1.54) is 7.11 Å². The van der Waals surface area contributed by atoms with Gasteiger partial charge in [-0.15, -0.1) is 0 Å². The van der Waals surface area contributed by atoms with Gasteiger partial charge in [-0.05, 0) is 37.1 Å². The number of H-pyrrole nitrogens is 1. The molecule has 25 heavy (non-hydrogen) atoms. The van der Waals surface area contributed by atoms with E-state index in [0.29, 0.717) is 34.7 Å². The molecule has 3 amide bonds. The number of hydrogen-bond donors (Lipinski definition) is 4. The number of primary amides is 1. The predicted molar refractivity (Wildman–Crippen MR) is 92.4 cm³/mol. The molecule has 1 aromatic heterocycles. The Morgan fingerprint density at radius 1 is 1.16 bits per heavy atom. The van der Waals surface area contributed by atoms with E-state index < -0.39 is 12.0 Å². The second-order valence-electron chi connectivity index (χ2n) is 5.49. The van der Waals surface area contributed by atoms with Crippen molar-refractivity contribution >= 4 is 23.6 Å². The normalized spacial score (nSPS) is 10.2. The summed E-state index contributed by atoms with van der Waals surface area (Å²) in [5.41, 5.74) is 8.28. The smallest absolute Gasteiger partial charge is 0.339 e. The van der Waals surface area contributed by atoms with Crippen LogP contribution in [0.25, 0.3) is 0 Å². The van der Waals surface area contributed by atoms with Crippen molar-refractivity contribution in [3.8, 4) is 0 Å². The molecule has 0 unspecified atom stereocenters. The number of rotatable bonds is 5. The molecule has 8 heteroatoms. The van der Waals surface area contributed by atoms with Gasteiger partial charge in [0.25, 0.3) is 5.91 Å². The molecule has 2 rings (SSSR count). The molecule has 0 aliphatic carbocycles. The maximum absolute atomic E-state index is 12.4. The van der Waals surface area contributed by atoms with Crippen molar-refractivity contribution < 1.29 is 19.1 Å². The fourth-order valence-corrected chi connectivity index (χ4v) is 2.50. The van der Waals surface area contributed by atoms with E-state index in [0.717, 1.165) is 5.56 Å². The number of hydrogen-bond acceptors (Lipinski definition) is 4. The molecule has 1 aromatic carbocycles. The maximum atomic E-state index is 12.4. The Bertz CT molecular complexity index is 809. The summed E-state index contributed by atoms with van der Waals surface area (Å²) in [5, 5.41) is 5.24. The molecule has 1 heterocycles. The maximum Gasteiger partial charge on any atom is 0.339 e.